The maximum absolute atomic E-state index is 12.6. The first-order valence-electron chi connectivity index (χ1n) is 9.19. The number of amides is 2. The summed E-state index contributed by atoms with van der Waals surface area (Å²) in [4.78, 5) is 26.0. The van der Waals surface area contributed by atoms with Crippen LogP contribution in [0.4, 0.5) is 5.69 Å². The third-order valence-electron chi connectivity index (χ3n) is 4.80. The average molecular weight is 358 g/mol. The highest BCUT2D eigenvalue weighted by Crippen LogP contribution is 2.20. The van der Waals surface area contributed by atoms with Crippen LogP contribution < -0.4 is 5.32 Å². The van der Waals surface area contributed by atoms with Gasteiger partial charge in [0.25, 0.3) is 0 Å². The van der Waals surface area contributed by atoms with Gasteiger partial charge in [-0.15, -0.1) is 0 Å². The van der Waals surface area contributed by atoms with E-state index in [1.165, 1.54) is 6.08 Å². The number of carbonyl (C=O) groups is 2. The van der Waals surface area contributed by atoms with Gasteiger partial charge >= 0.3 is 0 Å². The van der Waals surface area contributed by atoms with Gasteiger partial charge in [-0.05, 0) is 49.5 Å². The molecule has 26 heavy (non-hydrogen) atoms. The van der Waals surface area contributed by atoms with Crippen molar-refractivity contribution in [2.45, 2.75) is 44.4 Å². The zero-order valence-electron chi connectivity index (χ0n) is 15.0. The lowest BCUT2D eigenvalue weighted by Gasteiger charge is -2.22. The number of hydrogen-bond donors (Lipinski definition) is 1. The van der Waals surface area contributed by atoms with Crippen molar-refractivity contribution in [3.63, 3.8) is 0 Å². The van der Waals surface area contributed by atoms with E-state index >= 15 is 0 Å². The second-order valence-electron chi connectivity index (χ2n) is 6.73. The highest BCUT2D eigenvalue weighted by Gasteiger charge is 2.32. The lowest BCUT2D eigenvalue weighted by atomic mass is 10.1. The van der Waals surface area contributed by atoms with Crippen LogP contribution in [0.2, 0.25) is 0 Å². The summed E-state index contributed by atoms with van der Waals surface area (Å²) in [6, 6.07) is 7.17. The molecule has 2 saturated heterocycles. The van der Waals surface area contributed by atoms with E-state index in [-0.39, 0.29) is 17.9 Å². The van der Waals surface area contributed by atoms with Crippen molar-refractivity contribution in [1.29, 1.82) is 0 Å². The lowest BCUT2D eigenvalue weighted by Crippen LogP contribution is -2.42. The molecule has 2 amide bonds. The predicted molar refractivity (Wildman–Crippen MR) is 98.6 cm³/mol. The molecule has 0 saturated carbocycles. The molecule has 0 radical (unpaired) electrons. The van der Waals surface area contributed by atoms with Gasteiger partial charge in [-0.25, -0.2) is 0 Å². The first-order valence-corrected chi connectivity index (χ1v) is 9.19. The third-order valence-corrected chi connectivity index (χ3v) is 4.80. The van der Waals surface area contributed by atoms with Gasteiger partial charge in [0.05, 0.1) is 19.3 Å². The van der Waals surface area contributed by atoms with Crippen molar-refractivity contribution in [2.24, 2.45) is 0 Å². The van der Waals surface area contributed by atoms with Crippen LogP contribution in [0.15, 0.2) is 36.9 Å². The Labute approximate surface area is 154 Å². The standard InChI is InChI=1S/C20H26N2O4/c1-2-19(23)22-10-4-9-18(22)20(24)21-16-7-3-6-15(12-16)13-25-14-17-8-5-11-26-17/h2-3,6-7,12,17-18H,1,4-5,8-11,13-14H2,(H,21,24). The summed E-state index contributed by atoms with van der Waals surface area (Å²) in [6.07, 6.45) is 5.12. The molecule has 140 valence electrons. The topological polar surface area (TPSA) is 67.9 Å². The van der Waals surface area contributed by atoms with Crippen molar-refractivity contribution in [2.75, 3.05) is 25.1 Å². The second kappa shape index (κ2) is 8.96. The molecule has 2 heterocycles. The van der Waals surface area contributed by atoms with Gasteiger partial charge in [0.2, 0.25) is 11.8 Å². The zero-order chi connectivity index (χ0) is 18.4. The maximum atomic E-state index is 12.6. The number of benzene rings is 1. The fourth-order valence-electron chi connectivity index (χ4n) is 3.47. The molecule has 0 aliphatic carbocycles. The largest absolute Gasteiger partial charge is 0.376 e. The minimum absolute atomic E-state index is 0.157. The molecule has 2 atom stereocenters. The van der Waals surface area contributed by atoms with Crippen LogP contribution in [0.3, 0.4) is 0 Å². The van der Waals surface area contributed by atoms with E-state index in [1.54, 1.807) is 4.90 Å². The highest BCUT2D eigenvalue weighted by atomic mass is 16.5. The van der Waals surface area contributed by atoms with E-state index in [4.69, 9.17) is 9.47 Å². The van der Waals surface area contributed by atoms with Crippen LogP contribution in [-0.4, -0.2) is 48.6 Å². The molecule has 1 aromatic rings. The van der Waals surface area contributed by atoms with Crippen molar-refractivity contribution >= 4 is 17.5 Å². The summed E-state index contributed by atoms with van der Waals surface area (Å²) in [5.41, 5.74) is 1.71. The summed E-state index contributed by atoms with van der Waals surface area (Å²) < 4.78 is 11.3. The summed E-state index contributed by atoms with van der Waals surface area (Å²) in [7, 11) is 0. The van der Waals surface area contributed by atoms with Crippen LogP contribution in [0.25, 0.3) is 0 Å². The third kappa shape index (κ3) is 4.71. The van der Waals surface area contributed by atoms with E-state index in [1.807, 2.05) is 24.3 Å². The SMILES string of the molecule is C=CC(=O)N1CCCC1C(=O)Nc1cccc(COCC2CCCO2)c1. The van der Waals surface area contributed by atoms with Crippen molar-refractivity contribution in [1.82, 2.24) is 4.90 Å². The maximum Gasteiger partial charge on any atom is 0.247 e. The van der Waals surface area contributed by atoms with Crippen LogP contribution in [-0.2, 0) is 25.7 Å². The van der Waals surface area contributed by atoms with Gasteiger partial charge in [0, 0.05) is 18.8 Å². The fraction of sp³-hybridized carbons (Fsp3) is 0.500. The minimum Gasteiger partial charge on any atom is -0.376 e. The molecule has 2 fully saturated rings. The summed E-state index contributed by atoms with van der Waals surface area (Å²) in [6.45, 7) is 6.00. The normalized spacial score (nSPS) is 22.4. The number of hydrogen-bond acceptors (Lipinski definition) is 4. The summed E-state index contributed by atoms with van der Waals surface area (Å²) in [5.74, 6) is -0.353. The number of nitrogens with one attached hydrogen (secondary N) is 1. The number of likely N-dealkylation sites (tertiary alicyclic amines) is 1. The molecule has 6 nitrogen and oxygen atoms in total. The molecular weight excluding hydrogens is 332 g/mol. The zero-order valence-corrected chi connectivity index (χ0v) is 15.0. The second-order valence-corrected chi connectivity index (χ2v) is 6.73. The molecule has 1 N–H and O–H groups in total. The Morgan fingerprint density at radius 3 is 3.00 bits per heavy atom. The molecule has 0 aromatic heterocycles. The monoisotopic (exact) mass is 358 g/mol. The Morgan fingerprint density at radius 1 is 1.35 bits per heavy atom. The molecule has 6 heteroatoms. The molecule has 0 bridgehead atoms. The molecule has 2 unspecified atom stereocenters. The Bertz CT molecular complexity index is 655. The van der Waals surface area contributed by atoms with E-state index in [2.05, 4.69) is 11.9 Å². The number of nitrogens with zero attached hydrogens (tertiary/aromatic N) is 1. The Balaban J connectivity index is 1.53. The van der Waals surface area contributed by atoms with Crippen LogP contribution in [0, 0.1) is 0 Å². The first-order chi connectivity index (χ1) is 12.7. The fourth-order valence-corrected chi connectivity index (χ4v) is 3.47. The van der Waals surface area contributed by atoms with Crippen LogP contribution >= 0.6 is 0 Å². The molecule has 1 aromatic carbocycles. The summed E-state index contributed by atoms with van der Waals surface area (Å²) in [5, 5.41) is 2.92. The van der Waals surface area contributed by atoms with Gasteiger partial charge in [0.15, 0.2) is 0 Å². The predicted octanol–water partition coefficient (Wildman–Crippen LogP) is 2.50. The van der Waals surface area contributed by atoms with Gasteiger partial charge in [-0.3, -0.25) is 9.59 Å². The van der Waals surface area contributed by atoms with Crippen molar-refractivity contribution in [3.8, 4) is 0 Å². The number of anilines is 1. The number of carbonyl (C=O) groups excluding carboxylic acids is 2. The molecule has 3 rings (SSSR count). The molecule has 2 aliphatic rings. The molecule has 2 aliphatic heterocycles. The molecule has 0 spiro atoms. The lowest BCUT2D eigenvalue weighted by molar-refractivity contribution is -0.132. The van der Waals surface area contributed by atoms with Gasteiger partial charge in [-0.1, -0.05) is 18.7 Å². The van der Waals surface area contributed by atoms with Crippen molar-refractivity contribution in [3.05, 3.63) is 42.5 Å². The Hall–Kier alpha value is -2.18. The summed E-state index contributed by atoms with van der Waals surface area (Å²) >= 11 is 0. The van der Waals surface area contributed by atoms with Gasteiger partial charge in [0.1, 0.15) is 6.04 Å². The van der Waals surface area contributed by atoms with E-state index in [0.29, 0.717) is 31.9 Å². The van der Waals surface area contributed by atoms with E-state index in [9.17, 15) is 9.59 Å². The first kappa shape index (κ1) is 18.6. The quantitative estimate of drug-likeness (QED) is 0.761. The van der Waals surface area contributed by atoms with Gasteiger partial charge < -0.3 is 19.7 Å². The number of ether oxygens (including phenoxy) is 2. The van der Waals surface area contributed by atoms with E-state index in [0.717, 1.165) is 31.4 Å². The Morgan fingerprint density at radius 2 is 2.23 bits per heavy atom. The Kier molecular flexibility index (Phi) is 6.41. The minimum atomic E-state index is -0.431. The van der Waals surface area contributed by atoms with Crippen molar-refractivity contribution < 1.29 is 19.1 Å². The van der Waals surface area contributed by atoms with E-state index < -0.39 is 6.04 Å². The number of rotatable bonds is 7. The highest BCUT2D eigenvalue weighted by molar-refractivity contribution is 5.99. The molecular formula is C20H26N2O4. The smallest absolute Gasteiger partial charge is 0.247 e. The average Bonchev–Trinajstić information content (AvgIpc) is 3.33. The van der Waals surface area contributed by atoms with Gasteiger partial charge in [-0.2, -0.15) is 0 Å². The van der Waals surface area contributed by atoms with Crippen LogP contribution in [0.1, 0.15) is 31.2 Å². The van der Waals surface area contributed by atoms with Crippen LogP contribution in [0.5, 0.6) is 0 Å².